The number of hydrogen-bond acceptors (Lipinski definition) is 7. The number of piperidine rings is 1. The molecule has 0 radical (unpaired) electrons. The van der Waals surface area contributed by atoms with Gasteiger partial charge >= 0.3 is 0 Å². The lowest BCUT2D eigenvalue weighted by Gasteiger charge is -2.35. The molecule has 1 aliphatic carbocycles. The van der Waals surface area contributed by atoms with Gasteiger partial charge in [0.05, 0.1) is 5.56 Å². The molecule has 2 aliphatic rings. The van der Waals surface area contributed by atoms with E-state index in [1.807, 2.05) is 6.07 Å². The molecular weight excluding hydrogens is 446 g/mol. The van der Waals surface area contributed by atoms with E-state index in [0.29, 0.717) is 41.5 Å². The number of methoxy groups -OCH3 is 1. The van der Waals surface area contributed by atoms with Crippen LogP contribution in [0.5, 0.6) is 0 Å². The van der Waals surface area contributed by atoms with Crippen LogP contribution in [0.2, 0.25) is 5.02 Å². The third-order valence-corrected chi connectivity index (χ3v) is 6.58. The van der Waals surface area contributed by atoms with E-state index < -0.39 is 11.8 Å². The Labute approximate surface area is 197 Å². The molecule has 0 spiro atoms. The zero-order valence-electron chi connectivity index (χ0n) is 18.5. The summed E-state index contributed by atoms with van der Waals surface area (Å²) in [6.07, 6.45) is 6.22. The molecule has 1 aromatic heterocycles. The molecule has 2 heterocycles. The van der Waals surface area contributed by atoms with Gasteiger partial charge in [0, 0.05) is 55.4 Å². The molecule has 9 nitrogen and oxygen atoms in total. The Hall–Kier alpha value is -2.75. The van der Waals surface area contributed by atoms with Gasteiger partial charge in [-0.15, -0.1) is 0 Å². The molecule has 1 atom stereocenters. The number of nitrogens with zero attached hydrogens (tertiary/aromatic N) is 3. The predicted molar refractivity (Wildman–Crippen MR) is 123 cm³/mol. The van der Waals surface area contributed by atoms with Gasteiger partial charge in [0.2, 0.25) is 5.91 Å². The first-order valence-electron chi connectivity index (χ1n) is 11.0. The topological polar surface area (TPSA) is 117 Å². The van der Waals surface area contributed by atoms with Crippen LogP contribution in [0.15, 0.2) is 36.9 Å². The van der Waals surface area contributed by atoms with Crippen molar-refractivity contribution in [3.05, 3.63) is 53.1 Å². The third-order valence-electron chi connectivity index (χ3n) is 6.35. The van der Waals surface area contributed by atoms with Crippen LogP contribution in [0, 0.1) is 5.92 Å². The summed E-state index contributed by atoms with van der Waals surface area (Å²) >= 11 is 6.19. The molecule has 1 aromatic carbocycles. The van der Waals surface area contributed by atoms with E-state index in [4.69, 9.17) is 16.3 Å². The molecular formula is C23H28ClN5O4. The first kappa shape index (κ1) is 23.4. The Morgan fingerprint density at radius 3 is 2.61 bits per heavy atom. The highest BCUT2D eigenvalue weighted by atomic mass is 35.5. The second kappa shape index (κ2) is 10.0. The highest BCUT2D eigenvalue weighted by molar-refractivity contribution is 6.30. The number of rotatable bonds is 8. The van der Waals surface area contributed by atoms with Crippen LogP contribution in [0.25, 0.3) is 0 Å². The number of amides is 2. The molecule has 176 valence electrons. The molecule has 0 bridgehead atoms. The summed E-state index contributed by atoms with van der Waals surface area (Å²) in [4.78, 5) is 35.1. The van der Waals surface area contributed by atoms with Crippen molar-refractivity contribution in [1.82, 2.24) is 20.6 Å². The van der Waals surface area contributed by atoms with Crippen LogP contribution < -0.4 is 15.5 Å². The smallest absolute Gasteiger partial charge is 0.255 e. The van der Waals surface area contributed by atoms with Gasteiger partial charge in [-0.05, 0) is 43.7 Å². The quantitative estimate of drug-likeness (QED) is 0.502. The molecule has 1 saturated heterocycles. The van der Waals surface area contributed by atoms with Crippen LogP contribution in [0.4, 0.5) is 5.69 Å². The van der Waals surface area contributed by atoms with Gasteiger partial charge in [-0.2, -0.15) is 0 Å². The molecule has 1 saturated carbocycles. The number of carbonyl (C=O) groups is 2. The minimum absolute atomic E-state index is 0.143. The van der Waals surface area contributed by atoms with Crippen LogP contribution in [0.1, 0.15) is 47.9 Å². The molecule has 1 unspecified atom stereocenters. The zero-order valence-corrected chi connectivity index (χ0v) is 19.2. The molecule has 1 aliphatic heterocycles. The summed E-state index contributed by atoms with van der Waals surface area (Å²) in [7, 11) is 1.46. The van der Waals surface area contributed by atoms with Crippen LogP contribution in [-0.4, -0.2) is 59.2 Å². The summed E-state index contributed by atoms with van der Waals surface area (Å²) in [5.74, 6) is -0.156. The van der Waals surface area contributed by atoms with Gasteiger partial charge in [0.25, 0.3) is 5.91 Å². The minimum atomic E-state index is -1.01. The van der Waals surface area contributed by atoms with Crippen molar-refractivity contribution in [2.45, 2.75) is 37.5 Å². The highest BCUT2D eigenvalue weighted by Crippen LogP contribution is 2.36. The van der Waals surface area contributed by atoms with Gasteiger partial charge in [-0.1, -0.05) is 17.7 Å². The number of benzene rings is 1. The maximum atomic E-state index is 12.8. The number of hydrogen-bond donors (Lipinski definition) is 3. The molecule has 3 N–H and O–H groups in total. The molecule has 4 rings (SSSR count). The van der Waals surface area contributed by atoms with E-state index in [1.54, 1.807) is 12.1 Å². The fraction of sp³-hybridized carbons (Fsp3) is 0.478. The number of halogens is 1. The molecule has 10 heteroatoms. The lowest BCUT2D eigenvalue weighted by molar-refractivity contribution is -0.124. The van der Waals surface area contributed by atoms with Crippen molar-refractivity contribution in [3.63, 3.8) is 0 Å². The summed E-state index contributed by atoms with van der Waals surface area (Å²) in [6, 6.07) is 5.36. The van der Waals surface area contributed by atoms with Crippen molar-refractivity contribution in [2.24, 2.45) is 5.92 Å². The number of nitrogens with one attached hydrogen (secondary N) is 2. The fourth-order valence-corrected chi connectivity index (χ4v) is 4.32. The molecule has 2 amide bonds. The van der Waals surface area contributed by atoms with Crippen LogP contribution >= 0.6 is 11.6 Å². The second-order valence-electron chi connectivity index (χ2n) is 8.60. The van der Waals surface area contributed by atoms with Crippen molar-refractivity contribution >= 4 is 29.1 Å². The largest absolute Gasteiger partial charge is 0.371 e. The van der Waals surface area contributed by atoms with Gasteiger partial charge in [-0.25, -0.2) is 9.97 Å². The van der Waals surface area contributed by atoms with Gasteiger partial charge in [-0.3, -0.25) is 9.59 Å². The Balaban J connectivity index is 1.28. The van der Waals surface area contributed by atoms with E-state index >= 15 is 0 Å². The molecule has 2 fully saturated rings. The minimum Gasteiger partial charge on any atom is -0.371 e. The number of anilines is 1. The Morgan fingerprint density at radius 1 is 1.27 bits per heavy atom. The lowest BCUT2D eigenvalue weighted by atomic mass is 9.95. The number of aromatic nitrogens is 2. The number of carbonyl (C=O) groups excluding carboxylic acids is 2. The van der Waals surface area contributed by atoms with E-state index in [9.17, 15) is 14.7 Å². The van der Waals surface area contributed by atoms with E-state index in [-0.39, 0.29) is 11.8 Å². The molecule has 33 heavy (non-hydrogen) atoms. The second-order valence-corrected chi connectivity index (χ2v) is 9.03. The summed E-state index contributed by atoms with van der Waals surface area (Å²) < 4.78 is 5.09. The first-order chi connectivity index (χ1) is 15.9. The Kier molecular flexibility index (Phi) is 7.11. The summed E-state index contributed by atoms with van der Waals surface area (Å²) in [5, 5.41) is 16.6. The number of ether oxygens (including phenoxy) is 1. The van der Waals surface area contributed by atoms with E-state index in [2.05, 4.69) is 25.5 Å². The van der Waals surface area contributed by atoms with Crippen molar-refractivity contribution < 1.29 is 19.4 Å². The van der Waals surface area contributed by atoms with Crippen molar-refractivity contribution in [3.8, 4) is 0 Å². The highest BCUT2D eigenvalue weighted by Gasteiger charge is 2.51. The Bertz CT molecular complexity index is 994. The van der Waals surface area contributed by atoms with E-state index in [0.717, 1.165) is 31.6 Å². The van der Waals surface area contributed by atoms with Crippen LogP contribution in [0.3, 0.4) is 0 Å². The number of aliphatic hydroxyl groups excluding tert-OH is 1. The first-order valence-corrected chi connectivity index (χ1v) is 11.4. The van der Waals surface area contributed by atoms with Crippen molar-refractivity contribution in [2.75, 3.05) is 31.6 Å². The predicted octanol–water partition coefficient (Wildman–Crippen LogP) is 2.06. The SMILES string of the molecule is COC(O)c1ccc(Cl)cc1N1CCC(CNC(=O)C2(NC(=O)c3cncnc3)CC2)CC1. The maximum Gasteiger partial charge on any atom is 0.255 e. The lowest BCUT2D eigenvalue weighted by Crippen LogP contribution is -2.50. The zero-order chi connectivity index (χ0) is 23.4. The normalized spacial score (nSPS) is 18.5. The molecule has 2 aromatic rings. The van der Waals surface area contributed by atoms with Gasteiger partial charge < -0.3 is 25.4 Å². The third kappa shape index (κ3) is 5.43. The van der Waals surface area contributed by atoms with Crippen molar-refractivity contribution in [1.29, 1.82) is 0 Å². The Morgan fingerprint density at radius 2 is 1.97 bits per heavy atom. The fourth-order valence-electron chi connectivity index (χ4n) is 4.15. The van der Waals surface area contributed by atoms with Gasteiger partial charge in [0.15, 0.2) is 6.29 Å². The summed E-state index contributed by atoms with van der Waals surface area (Å²) in [5.41, 5.74) is 1.05. The average molecular weight is 474 g/mol. The van der Waals surface area contributed by atoms with Crippen LogP contribution in [-0.2, 0) is 9.53 Å². The number of aliphatic hydroxyl groups is 1. The average Bonchev–Trinajstić information content (AvgIpc) is 3.63. The van der Waals surface area contributed by atoms with E-state index in [1.165, 1.54) is 25.8 Å². The summed E-state index contributed by atoms with van der Waals surface area (Å²) in [6.45, 7) is 2.11. The maximum absolute atomic E-state index is 12.8. The monoisotopic (exact) mass is 473 g/mol. The van der Waals surface area contributed by atoms with Gasteiger partial charge in [0.1, 0.15) is 11.9 Å². The standard InChI is InChI=1S/C23H28ClN5O4/c1-33-21(31)18-3-2-17(24)10-19(18)29-8-4-15(5-9-29)11-27-22(32)23(6-7-23)28-20(30)16-12-25-14-26-13-16/h2-3,10,12-15,21,31H,4-9,11H2,1H3,(H,27,32)(H,28,30).